The molecule has 8 heteroatoms. The first kappa shape index (κ1) is 21.2. The van der Waals surface area contributed by atoms with Crippen LogP contribution in [0.15, 0.2) is 42.5 Å². The van der Waals surface area contributed by atoms with Gasteiger partial charge >= 0.3 is 0 Å². The van der Waals surface area contributed by atoms with Crippen LogP contribution in [0.4, 0.5) is 4.39 Å². The molecule has 0 unspecified atom stereocenters. The van der Waals surface area contributed by atoms with Crippen LogP contribution in [-0.4, -0.2) is 47.5 Å². The third kappa shape index (κ3) is 4.69. The number of quaternary nitrogens is 1. The number of nitrogens with zero attached hydrogens (tertiary/aromatic N) is 4. The lowest BCUT2D eigenvalue weighted by atomic mass is 9.95. The number of hydrogen-bond donors (Lipinski definition) is 1. The molecule has 0 bridgehead atoms. The van der Waals surface area contributed by atoms with Crippen LogP contribution in [0.1, 0.15) is 42.8 Å². The highest BCUT2D eigenvalue weighted by Gasteiger charge is 2.36. The Hall–Kier alpha value is -3.00. The van der Waals surface area contributed by atoms with E-state index < -0.39 is 0 Å². The first-order chi connectivity index (χ1) is 15.1. The number of hydrogen-bond acceptors (Lipinski definition) is 5. The molecule has 1 N–H and O–H groups in total. The molecule has 4 rings (SSSR count). The highest BCUT2D eigenvalue weighted by atomic mass is 19.1. The molecule has 0 radical (unpaired) electrons. The maximum Gasteiger partial charge on any atom is 0.214 e. The standard InChI is InChI=1S/C23H28FN5O2/c1-16-10-12-28(13-11-16)22(20-9-8-19(30-2)14-21(20)31-3)23-25-26-27-29(23)15-17-4-6-18(24)7-5-17/h4-9,14,16,22H,10-13,15H2,1-3H3/p+1/t22-/m1/s1. The third-order valence-electron chi connectivity index (χ3n) is 6.14. The number of methoxy groups -OCH3 is 2. The lowest BCUT2D eigenvalue weighted by molar-refractivity contribution is -0.932. The van der Waals surface area contributed by atoms with Crippen molar-refractivity contribution in [2.75, 3.05) is 27.3 Å². The molecule has 7 nitrogen and oxygen atoms in total. The summed E-state index contributed by atoms with van der Waals surface area (Å²) in [5.74, 6) is 2.74. The van der Waals surface area contributed by atoms with Crippen LogP contribution in [0.2, 0.25) is 0 Å². The van der Waals surface area contributed by atoms with Gasteiger partial charge in [0.25, 0.3) is 0 Å². The van der Waals surface area contributed by atoms with Gasteiger partial charge in [-0.3, -0.25) is 0 Å². The molecule has 0 saturated carbocycles. The molecule has 0 aliphatic carbocycles. The summed E-state index contributed by atoms with van der Waals surface area (Å²) in [5.41, 5.74) is 1.97. The van der Waals surface area contributed by atoms with E-state index in [0.717, 1.165) is 60.3 Å². The molecule has 2 aromatic carbocycles. The minimum atomic E-state index is -0.256. The number of piperidine rings is 1. The van der Waals surface area contributed by atoms with Crippen LogP contribution in [0.25, 0.3) is 0 Å². The maximum atomic E-state index is 13.3. The van der Waals surface area contributed by atoms with Gasteiger partial charge in [-0.2, -0.15) is 0 Å². The van der Waals surface area contributed by atoms with Crippen LogP contribution >= 0.6 is 0 Å². The van der Waals surface area contributed by atoms with Gasteiger partial charge in [-0.05, 0) is 59.0 Å². The van der Waals surface area contributed by atoms with Gasteiger partial charge in [0.1, 0.15) is 17.3 Å². The predicted molar refractivity (Wildman–Crippen MR) is 114 cm³/mol. The number of halogens is 1. The van der Waals surface area contributed by atoms with Crippen LogP contribution in [0, 0.1) is 11.7 Å². The molecule has 0 spiro atoms. The first-order valence-electron chi connectivity index (χ1n) is 10.7. The maximum absolute atomic E-state index is 13.3. The normalized spacial score (nSPS) is 19.7. The Labute approximate surface area is 181 Å². The molecule has 1 saturated heterocycles. The molecule has 1 fully saturated rings. The van der Waals surface area contributed by atoms with E-state index in [9.17, 15) is 4.39 Å². The van der Waals surface area contributed by atoms with Crippen molar-refractivity contribution in [2.45, 2.75) is 32.4 Å². The molecule has 1 atom stereocenters. The first-order valence-corrected chi connectivity index (χ1v) is 10.7. The molecule has 3 aromatic rings. The summed E-state index contributed by atoms with van der Waals surface area (Å²) in [6.07, 6.45) is 2.31. The Kier molecular flexibility index (Phi) is 6.46. The zero-order valence-electron chi connectivity index (χ0n) is 18.2. The number of benzene rings is 2. The highest BCUT2D eigenvalue weighted by Crippen LogP contribution is 2.31. The second-order valence-corrected chi connectivity index (χ2v) is 8.20. The lowest BCUT2D eigenvalue weighted by Gasteiger charge is -2.33. The van der Waals surface area contributed by atoms with E-state index in [2.05, 4.69) is 22.4 Å². The summed E-state index contributed by atoms with van der Waals surface area (Å²) in [7, 11) is 3.32. The largest absolute Gasteiger partial charge is 0.497 e. The average Bonchev–Trinajstić information content (AvgIpc) is 3.24. The zero-order chi connectivity index (χ0) is 21.8. The summed E-state index contributed by atoms with van der Waals surface area (Å²) in [5, 5.41) is 12.7. The Balaban J connectivity index is 1.74. The summed E-state index contributed by atoms with van der Waals surface area (Å²) in [4.78, 5) is 1.41. The molecule has 1 aliphatic rings. The summed E-state index contributed by atoms with van der Waals surface area (Å²) in [6, 6.07) is 12.3. The third-order valence-corrected chi connectivity index (χ3v) is 6.14. The fraction of sp³-hybridized carbons (Fsp3) is 0.435. The van der Waals surface area contributed by atoms with Crippen molar-refractivity contribution in [2.24, 2.45) is 5.92 Å². The van der Waals surface area contributed by atoms with Crippen molar-refractivity contribution in [3.8, 4) is 11.5 Å². The fourth-order valence-corrected chi connectivity index (χ4v) is 4.31. The number of aromatic nitrogens is 4. The van der Waals surface area contributed by atoms with Crippen molar-refractivity contribution >= 4 is 0 Å². The van der Waals surface area contributed by atoms with Gasteiger partial charge in [-0.25, -0.2) is 9.07 Å². The molecule has 1 aromatic heterocycles. The second kappa shape index (κ2) is 9.43. The Morgan fingerprint density at radius 3 is 2.52 bits per heavy atom. The predicted octanol–water partition coefficient (Wildman–Crippen LogP) is 2.28. The van der Waals surface area contributed by atoms with Crippen LogP contribution in [0.3, 0.4) is 0 Å². The number of likely N-dealkylation sites (tertiary alicyclic amines) is 1. The van der Waals surface area contributed by atoms with Gasteiger partial charge in [0.15, 0.2) is 6.04 Å². The van der Waals surface area contributed by atoms with Crippen molar-refractivity contribution in [1.82, 2.24) is 20.2 Å². The second-order valence-electron chi connectivity index (χ2n) is 8.20. The van der Waals surface area contributed by atoms with E-state index in [-0.39, 0.29) is 11.9 Å². The van der Waals surface area contributed by atoms with Crippen LogP contribution in [-0.2, 0) is 6.54 Å². The smallest absolute Gasteiger partial charge is 0.214 e. The quantitative estimate of drug-likeness (QED) is 0.628. The van der Waals surface area contributed by atoms with Gasteiger partial charge in [-0.1, -0.05) is 19.1 Å². The molecular formula is C23H29FN5O2+. The van der Waals surface area contributed by atoms with Crippen LogP contribution < -0.4 is 14.4 Å². The molecule has 0 amide bonds. The topological polar surface area (TPSA) is 66.5 Å². The summed E-state index contributed by atoms with van der Waals surface area (Å²) >= 11 is 0. The van der Waals surface area contributed by atoms with Gasteiger partial charge in [0.05, 0.1) is 39.4 Å². The Bertz CT molecular complexity index is 999. The molecule has 31 heavy (non-hydrogen) atoms. The monoisotopic (exact) mass is 426 g/mol. The van der Waals surface area contributed by atoms with Crippen LogP contribution in [0.5, 0.6) is 11.5 Å². The molecule has 2 heterocycles. The van der Waals surface area contributed by atoms with Crippen molar-refractivity contribution in [3.63, 3.8) is 0 Å². The summed E-state index contributed by atoms with van der Waals surface area (Å²) < 4.78 is 26.3. The minimum absolute atomic E-state index is 0.0798. The minimum Gasteiger partial charge on any atom is -0.497 e. The zero-order valence-corrected chi connectivity index (χ0v) is 18.2. The van der Waals surface area contributed by atoms with E-state index in [1.54, 1.807) is 26.4 Å². The Morgan fingerprint density at radius 1 is 1.10 bits per heavy atom. The van der Waals surface area contributed by atoms with Gasteiger partial charge < -0.3 is 14.4 Å². The van der Waals surface area contributed by atoms with E-state index in [4.69, 9.17) is 9.47 Å². The van der Waals surface area contributed by atoms with E-state index >= 15 is 0 Å². The van der Waals surface area contributed by atoms with E-state index in [1.165, 1.54) is 17.0 Å². The summed E-state index contributed by atoms with van der Waals surface area (Å²) in [6.45, 7) is 4.84. The number of nitrogens with one attached hydrogen (secondary N) is 1. The Morgan fingerprint density at radius 2 is 1.84 bits per heavy atom. The molecular weight excluding hydrogens is 397 g/mol. The SMILES string of the molecule is COc1ccc([C@H](c2nnnn2Cc2ccc(F)cc2)[NH+]2CCC(C)CC2)c(OC)c1. The van der Waals surface area contributed by atoms with Crippen molar-refractivity contribution in [1.29, 1.82) is 0 Å². The molecule has 164 valence electrons. The molecule has 1 aliphatic heterocycles. The van der Waals surface area contributed by atoms with Crippen molar-refractivity contribution in [3.05, 3.63) is 65.2 Å². The highest BCUT2D eigenvalue weighted by molar-refractivity contribution is 5.43. The van der Waals surface area contributed by atoms with E-state index in [0.29, 0.717) is 6.54 Å². The average molecular weight is 427 g/mol. The van der Waals surface area contributed by atoms with Gasteiger partial charge in [0.2, 0.25) is 5.82 Å². The number of rotatable bonds is 7. The number of tetrazole rings is 1. The van der Waals surface area contributed by atoms with Gasteiger partial charge in [-0.15, -0.1) is 5.10 Å². The van der Waals surface area contributed by atoms with E-state index in [1.807, 2.05) is 22.9 Å². The lowest BCUT2D eigenvalue weighted by Crippen LogP contribution is -3.13. The van der Waals surface area contributed by atoms with Crippen molar-refractivity contribution < 1.29 is 18.8 Å². The number of ether oxygens (including phenoxy) is 2. The van der Waals surface area contributed by atoms with Gasteiger partial charge in [0, 0.05) is 6.07 Å². The fourth-order valence-electron chi connectivity index (χ4n) is 4.31.